The van der Waals surface area contributed by atoms with Crippen LogP contribution < -0.4 is 16.4 Å². The quantitative estimate of drug-likeness (QED) is 0.661. The first-order valence-electron chi connectivity index (χ1n) is 9.26. The number of urea groups is 1. The van der Waals surface area contributed by atoms with Crippen LogP contribution in [-0.2, 0) is 30.7 Å². The predicted molar refractivity (Wildman–Crippen MR) is 107 cm³/mol. The molecule has 0 unspecified atom stereocenters. The minimum absolute atomic E-state index is 0.312. The smallest absolute Gasteiger partial charge is 0.341 e. The van der Waals surface area contributed by atoms with Crippen LogP contribution in [0.2, 0.25) is 0 Å². The lowest BCUT2D eigenvalue weighted by atomic mass is 9.95. The summed E-state index contributed by atoms with van der Waals surface area (Å²) in [6.45, 7) is 2.95. The van der Waals surface area contributed by atoms with Gasteiger partial charge in [-0.1, -0.05) is 24.3 Å². The summed E-state index contributed by atoms with van der Waals surface area (Å²) >= 11 is 1.48. The lowest BCUT2D eigenvalue weighted by Gasteiger charge is -2.12. The van der Waals surface area contributed by atoms with Gasteiger partial charge in [-0.25, -0.2) is 9.59 Å². The van der Waals surface area contributed by atoms with E-state index in [0.29, 0.717) is 30.3 Å². The van der Waals surface area contributed by atoms with Crippen LogP contribution in [0.5, 0.6) is 0 Å². The molecule has 144 valence electrons. The molecule has 0 radical (unpaired) electrons. The van der Waals surface area contributed by atoms with Crippen molar-refractivity contribution in [2.75, 3.05) is 11.9 Å². The van der Waals surface area contributed by atoms with Gasteiger partial charge in [-0.2, -0.15) is 0 Å². The van der Waals surface area contributed by atoms with E-state index in [1.54, 1.807) is 6.92 Å². The van der Waals surface area contributed by atoms with Crippen molar-refractivity contribution in [1.29, 1.82) is 0 Å². The number of esters is 1. The monoisotopic (exact) mass is 387 g/mol. The SMILES string of the molecule is CCOC(=O)c1c(NC(=O)NCc2cccc(CN)c2)sc2c1CCCC2. The van der Waals surface area contributed by atoms with E-state index >= 15 is 0 Å². The minimum atomic E-state index is -0.358. The van der Waals surface area contributed by atoms with E-state index in [0.717, 1.165) is 42.4 Å². The number of carbonyl (C=O) groups excluding carboxylic acids is 2. The van der Waals surface area contributed by atoms with Crippen molar-refractivity contribution in [2.24, 2.45) is 5.73 Å². The van der Waals surface area contributed by atoms with Crippen LogP contribution in [0.1, 0.15) is 51.7 Å². The largest absolute Gasteiger partial charge is 0.462 e. The van der Waals surface area contributed by atoms with Crippen molar-refractivity contribution in [1.82, 2.24) is 5.32 Å². The zero-order valence-corrected chi connectivity index (χ0v) is 16.3. The van der Waals surface area contributed by atoms with Crippen molar-refractivity contribution in [3.8, 4) is 0 Å². The van der Waals surface area contributed by atoms with E-state index in [4.69, 9.17) is 10.5 Å². The molecule has 1 heterocycles. The van der Waals surface area contributed by atoms with Crippen molar-refractivity contribution in [3.05, 3.63) is 51.4 Å². The molecule has 1 aromatic carbocycles. The number of hydrogen-bond donors (Lipinski definition) is 3. The average Bonchev–Trinajstić information content (AvgIpc) is 3.04. The molecule has 4 N–H and O–H groups in total. The van der Waals surface area contributed by atoms with Gasteiger partial charge in [0.25, 0.3) is 0 Å². The average molecular weight is 388 g/mol. The second kappa shape index (κ2) is 9.01. The molecule has 0 fully saturated rings. The number of carbonyl (C=O) groups is 2. The third-order valence-corrected chi connectivity index (χ3v) is 5.77. The molecule has 7 heteroatoms. The fourth-order valence-electron chi connectivity index (χ4n) is 3.27. The number of thiophene rings is 1. The number of fused-ring (bicyclic) bond motifs is 1. The number of nitrogens with two attached hydrogens (primary N) is 1. The second-order valence-corrected chi connectivity index (χ2v) is 7.57. The van der Waals surface area contributed by atoms with Crippen LogP contribution in [-0.4, -0.2) is 18.6 Å². The Bertz CT molecular complexity index is 832. The lowest BCUT2D eigenvalue weighted by molar-refractivity contribution is 0.0526. The fourth-order valence-corrected chi connectivity index (χ4v) is 4.54. The van der Waals surface area contributed by atoms with Gasteiger partial charge in [0, 0.05) is 18.0 Å². The highest BCUT2D eigenvalue weighted by atomic mass is 32.1. The summed E-state index contributed by atoms with van der Waals surface area (Å²) in [7, 11) is 0. The predicted octanol–water partition coefficient (Wildman–Crippen LogP) is 3.58. The molecule has 0 spiro atoms. The summed E-state index contributed by atoms with van der Waals surface area (Å²) in [5.41, 5.74) is 9.21. The Morgan fingerprint density at radius 1 is 1.22 bits per heavy atom. The van der Waals surface area contributed by atoms with Crippen LogP contribution >= 0.6 is 11.3 Å². The van der Waals surface area contributed by atoms with E-state index < -0.39 is 0 Å². The third-order valence-electron chi connectivity index (χ3n) is 4.56. The van der Waals surface area contributed by atoms with Crippen LogP contribution in [0.3, 0.4) is 0 Å². The molecule has 2 aromatic rings. The van der Waals surface area contributed by atoms with Gasteiger partial charge in [0.2, 0.25) is 0 Å². The normalized spacial score (nSPS) is 13.0. The highest BCUT2D eigenvalue weighted by Crippen LogP contribution is 2.38. The number of hydrogen-bond acceptors (Lipinski definition) is 5. The van der Waals surface area contributed by atoms with E-state index in [2.05, 4.69) is 10.6 Å². The molecule has 1 aliphatic rings. The minimum Gasteiger partial charge on any atom is -0.462 e. The maximum absolute atomic E-state index is 12.4. The first-order chi connectivity index (χ1) is 13.1. The molecule has 0 saturated heterocycles. The topological polar surface area (TPSA) is 93.4 Å². The van der Waals surface area contributed by atoms with Crippen LogP contribution in [0.15, 0.2) is 24.3 Å². The summed E-state index contributed by atoms with van der Waals surface area (Å²) in [4.78, 5) is 26.0. The maximum atomic E-state index is 12.4. The zero-order valence-electron chi connectivity index (χ0n) is 15.5. The van der Waals surface area contributed by atoms with Gasteiger partial charge in [0.15, 0.2) is 0 Å². The van der Waals surface area contributed by atoms with Crippen LogP contribution in [0.25, 0.3) is 0 Å². The Labute approximate surface area is 163 Å². The van der Waals surface area contributed by atoms with Crippen molar-refractivity contribution < 1.29 is 14.3 Å². The number of aryl methyl sites for hydroxylation is 1. The third kappa shape index (κ3) is 4.67. The molecular formula is C20H25N3O3S. The number of ether oxygens (including phenoxy) is 1. The van der Waals surface area contributed by atoms with E-state index in [9.17, 15) is 9.59 Å². The first kappa shape index (κ1) is 19.4. The maximum Gasteiger partial charge on any atom is 0.341 e. The number of anilines is 1. The number of nitrogens with one attached hydrogen (secondary N) is 2. The molecule has 1 aliphatic carbocycles. The summed E-state index contributed by atoms with van der Waals surface area (Å²) in [6, 6.07) is 7.44. The van der Waals surface area contributed by atoms with Crippen molar-refractivity contribution >= 4 is 28.3 Å². The van der Waals surface area contributed by atoms with Gasteiger partial charge in [0.1, 0.15) is 5.00 Å². The molecule has 1 aromatic heterocycles. The Kier molecular flexibility index (Phi) is 6.47. The van der Waals surface area contributed by atoms with Crippen LogP contribution in [0, 0.1) is 0 Å². The lowest BCUT2D eigenvalue weighted by Crippen LogP contribution is -2.28. The van der Waals surface area contributed by atoms with Crippen LogP contribution in [0.4, 0.5) is 9.80 Å². The summed E-state index contributed by atoms with van der Waals surface area (Å²) in [5.74, 6) is -0.358. The summed E-state index contributed by atoms with van der Waals surface area (Å²) in [6.07, 6.45) is 3.97. The Morgan fingerprint density at radius 2 is 2.00 bits per heavy atom. The number of benzene rings is 1. The number of rotatable bonds is 6. The van der Waals surface area contributed by atoms with Gasteiger partial charge in [-0.05, 0) is 49.3 Å². The molecule has 0 atom stereocenters. The van der Waals surface area contributed by atoms with E-state index in [1.807, 2.05) is 24.3 Å². The van der Waals surface area contributed by atoms with Gasteiger partial charge in [0.05, 0.1) is 12.2 Å². The molecule has 0 bridgehead atoms. The van der Waals surface area contributed by atoms with Gasteiger partial charge < -0.3 is 15.8 Å². The molecule has 0 aliphatic heterocycles. The number of amides is 2. The van der Waals surface area contributed by atoms with Gasteiger partial charge >= 0.3 is 12.0 Å². The van der Waals surface area contributed by atoms with E-state index in [-0.39, 0.29) is 12.0 Å². The molecule has 3 rings (SSSR count). The zero-order chi connectivity index (χ0) is 19.2. The van der Waals surface area contributed by atoms with Crippen molar-refractivity contribution in [3.63, 3.8) is 0 Å². The molecule has 6 nitrogen and oxygen atoms in total. The highest BCUT2D eigenvalue weighted by Gasteiger charge is 2.27. The van der Waals surface area contributed by atoms with Gasteiger partial charge in [-0.15, -0.1) is 11.3 Å². The first-order valence-corrected chi connectivity index (χ1v) is 10.1. The van der Waals surface area contributed by atoms with Crippen molar-refractivity contribution in [2.45, 2.75) is 45.7 Å². The summed E-state index contributed by atoms with van der Waals surface area (Å²) < 4.78 is 5.21. The van der Waals surface area contributed by atoms with Gasteiger partial charge in [-0.3, -0.25) is 5.32 Å². The second-order valence-electron chi connectivity index (χ2n) is 6.47. The molecule has 0 saturated carbocycles. The van der Waals surface area contributed by atoms with E-state index in [1.165, 1.54) is 16.2 Å². The Hall–Kier alpha value is -2.38. The fraction of sp³-hybridized carbons (Fsp3) is 0.400. The highest BCUT2D eigenvalue weighted by molar-refractivity contribution is 7.17. The molecular weight excluding hydrogens is 362 g/mol. The Balaban J connectivity index is 1.71. The standard InChI is InChI=1S/C20H25N3O3S/c1-2-26-19(24)17-15-8-3-4-9-16(15)27-18(17)23-20(25)22-12-14-7-5-6-13(10-14)11-21/h5-7,10H,2-4,8-9,11-12,21H2,1H3,(H2,22,23,25). The molecule has 27 heavy (non-hydrogen) atoms. The summed E-state index contributed by atoms with van der Waals surface area (Å²) in [5, 5.41) is 6.27. The Morgan fingerprint density at radius 3 is 2.78 bits per heavy atom. The molecule has 2 amide bonds.